The molecule has 0 aliphatic heterocycles. The largest absolute Gasteiger partial charge is 0.205 e. The van der Waals surface area contributed by atoms with Gasteiger partial charge in [-0.15, -0.1) is 0 Å². The summed E-state index contributed by atoms with van der Waals surface area (Å²) in [5.74, 6) is 0. The number of hydrogen-bond acceptors (Lipinski definition) is 0. The van der Waals surface area contributed by atoms with E-state index in [-0.39, 0.29) is 0 Å². The number of hydrogen-bond donors (Lipinski definition) is 0. The molecule has 0 amide bonds. The topological polar surface area (TPSA) is 3.88 Å². The van der Waals surface area contributed by atoms with Gasteiger partial charge in [-0.1, -0.05) is 6.92 Å². The summed E-state index contributed by atoms with van der Waals surface area (Å²) >= 11 is 0. The monoisotopic (exact) mass is 136 g/mol. The molecule has 0 bridgehead atoms. The van der Waals surface area contributed by atoms with Crippen molar-refractivity contribution in [3.05, 3.63) is 29.6 Å². The van der Waals surface area contributed by atoms with Gasteiger partial charge in [0.2, 0.25) is 0 Å². The van der Waals surface area contributed by atoms with Crippen LogP contribution < -0.4 is 4.57 Å². The Kier molecular flexibility index (Phi) is 2.05. The molecule has 0 aliphatic carbocycles. The van der Waals surface area contributed by atoms with E-state index in [1.807, 2.05) is 0 Å². The second kappa shape index (κ2) is 2.82. The number of aryl methyl sites for hydroxylation is 3. The molecular weight excluding hydrogens is 122 g/mol. The molecule has 54 valence electrons. The van der Waals surface area contributed by atoms with E-state index >= 15 is 0 Å². The van der Waals surface area contributed by atoms with Gasteiger partial charge in [-0.2, -0.15) is 0 Å². The first-order valence-corrected chi connectivity index (χ1v) is 3.69. The van der Waals surface area contributed by atoms with Crippen molar-refractivity contribution in [2.24, 2.45) is 7.05 Å². The second-order valence-electron chi connectivity index (χ2n) is 2.64. The Morgan fingerprint density at radius 3 is 2.60 bits per heavy atom. The van der Waals surface area contributed by atoms with E-state index in [0.717, 1.165) is 6.42 Å². The van der Waals surface area contributed by atoms with Crippen molar-refractivity contribution in [1.82, 2.24) is 0 Å². The molecule has 1 rings (SSSR count). The van der Waals surface area contributed by atoms with E-state index in [9.17, 15) is 0 Å². The van der Waals surface area contributed by atoms with Crippen molar-refractivity contribution in [3.8, 4) is 0 Å². The fraction of sp³-hybridized carbons (Fsp3) is 0.444. The lowest BCUT2D eigenvalue weighted by Gasteiger charge is -1.95. The highest BCUT2D eigenvalue weighted by Gasteiger charge is 1.99. The van der Waals surface area contributed by atoms with Gasteiger partial charge in [-0.25, -0.2) is 4.57 Å². The van der Waals surface area contributed by atoms with E-state index in [0.29, 0.717) is 0 Å². The van der Waals surface area contributed by atoms with Crippen LogP contribution in [0.15, 0.2) is 18.3 Å². The minimum atomic E-state index is 1.12. The molecular formula is C9H14N+. The number of nitrogens with zero attached hydrogens (tertiary/aromatic N) is 1. The SMILES string of the molecule is CCc1ccc(C)[n+](C)c1. The number of pyridine rings is 1. The summed E-state index contributed by atoms with van der Waals surface area (Å²) in [6, 6.07) is 4.33. The van der Waals surface area contributed by atoms with Gasteiger partial charge in [0.25, 0.3) is 0 Å². The van der Waals surface area contributed by atoms with Crippen LogP contribution in [0.4, 0.5) is 0 Å². The third-order valence-electron chi connectivity index (χ3n) is 1.86. The highest BCUT2D eigenvalue weighted by molar-refractivity contribution is 5.08. The van der Waals surface area contributed by atoms with Crippen molar-refractivity contribution < 1.29 is 4.57 Å². The first-order valence-electron chi connectivity index (χ1n) is 3.69. The summed E-state index contributed by atoms with van der Waals surface area (Å²) in [6.07, 6.45) is 3.30. The van der Waals surface area contributed by atoms with Gasteiger partial charge in [0, 0.05) is 18.6 Å². The van der Waals surface area contributed by atoms with Crippen LogP contribution in [0.2, 0.25) is 0 Å². The molecule has 0 spiro atoms. The van der Waals surface area contributed by atoms with E-state index in [1.54, 1.807) is 0 Å². The van der Waals surface area contributed by atoms with E-state index in [2.05, 4.69) is 43.8 Å². The summed E-state index contributed by atoms with van der Waals surface area (Å²) in [5.41, 5.74) is 2.70. The summed E-state index contributed by atoms with van der Waals surface area (Å²) in [7, 11) is 2.08. The van der Waals surface area contributed by atoms with Gasteiger partial charge in [0.05, 0.1) is 0 Å². The van der Waals surface area contributed by atoms with Crippen molar-refractivity contribution in [2.75, 3.05) is 0 Å². The van der Waals surface area contributed by atoms with Gasteiger partial charge in [-0.3, -0.25) is 0 Å². The Labute approximate surface area is 62.3 Å². The van der Waals surface area contributed by atoms with Crippen LogP contribution in [0.25, 0.3) is 0 Å². The van der Waals surface area contributed by atoms with Crippen LogP contribution in [-0.4, -0.2) is 0 Å². The molecule has 0 radical (unpaired) electrons. The Morgan fingerprint density at radius 2 is 2.10 bits per heavy atom. The molecule has 1 heteroatoms. The third-order valence-corrected chi connectivity index (χ3v) is 1.86. The number of aromatic nitrogens is 1. The zero-order valence-electron chi connectivity index (χ0n) is 6.89. The molecule has 0 saturated carbocycles. The van der Waals surface area contributed by atoms with E-state index in [1.165, 1.54) is 11.3 Å². The van der Waals surface area contributed by atoms with Crippen LogP contribution in [-0.2, 0) is 13.5 Å². The fourth-order valence-electron chi connectivity index (χ4n) is 0.948. The zero-order valence-corrected chi connectivity index (χ0v) is 6.89. The molecule has 0 unspecified atom stereocenters. The summed E-state index contributed by atoms with van der Waals surface area (Å²) in [5, 5.41) is 0. The highest BCUT2D eigenvalue weighted by atomic mass is 14.9. The average Bonchev–Trinajstić information content (AvgIpc) is 1.95. The minimum Gasteiger partial charge on any atom is -0.205 e. The maximum absolute atomic E-state index is 2.18. The molecule has 1 aromatic heterocycles. The van der Waals surface area contributed by atoms with Crippen LogP contribution in [0.3, 0.4) is 0 Å². The first-order chi connectivity index (χ1) is 4.74. The average molecular weight is 136 g/mol. The zero-order chi connectivity index (χ0) is 7.56. The van der Waals surface area contributed by atoms with Crippen LogP contribution in [0.5, 0.6) is 0 Å². The van der Waals surface area contributed by atoms with Gasteiger partial charge < -0.3 is 0 Å². The summed E-state index contributed by atoms with van der Waals surface area (Å²) in [4.78, 5) is 0. The molecule has 1 aromatic rings. The Bertz CT molecular complexity index is 228. The third kappa shape index (κ3) is 1.35. The smallest absolute Gasteiger partial charge is 0.177 e. The molecule has 0 fully saturated rings. The first kappa shape index (κ1) is 7.26. The second-order valence-corrected chi connectivity index (χ2v) is 2.64. The maximum Gasteiger partial charge on any atom is 0.177 e. The molecule has 0 aromatic carbocycles. The molecule has 1 heterocycles. The Hall–Kier alpha value is -0.850. The van der Waals surface area contributed by atoms with Crippen LogP contribution in [0, 0.1) is 6.92 Å². The van der Waals surface area contributed by atoms with Gasteiger partial charge >= 0.3 is 0 Å². The maximum atomic E-state index is 2.18. The normalized spacial score (nSPS) is 9.90. The Balaban J connectivity index is 3.04. The molecule has 1 nitrogen and oxygen atoms in total. The van der Waals surface area contributed by atoms with Gasteiger partial charge in [0.15, 0.2) is 11.9 Å². The highest BCUT2D eigenvalue weighted by Crippen LogP contribution is 1.96. The lowest BCUT2D eigenvalue weighted by atomic mass is 10.2. The van der Waals surface area contributed by atoms with Crippen LogP contribution in [0.1, 0.15) is 18.2 Å². The molecule has 10 heavy (non-hydrogen) atoms. The van der Waals surface area contributed by atoms with Gasteiger partial charge in [0.1, 0.15) is 7.05 Å². The van der Waals surface area contributed by atoms with Crippen molar-refractivity contribution in [1.29, 1.82) is 0 Å². The van der Waals surface area contributed by atoms with Crippen LogP contribution >= 0.6 is 0 Å². The quantitative estimate of drug-likeness (QED) is 0.513. The fourth-order valence-corrected chi connectivity index (χ4v) is 0.948. The van der Waals surface area contributed by atoms with Crippen molar-refractivity contribution in [2.45, 2.75) is 20.3 Å². The molecule has 0 N–H and O–H groups in total. The molecule has 0 aliphatic rings. The van der Waals surface area contributed by atoms with E-state index in [4.69, 9.17) is 0 Å². The van der Waals surface area contributed by atoms with Gasteiger partial charge in [-0.05, 0) is 12.5 Å². The predicted molar refractivity (Wildman–Crippen MR) is 41.7 cm³/mol. The predicted octanol–water partition coefficient (Wildman–Crippen LogP) is 1.38. The lowest BCUT2D eigenvalue weighted by Crippen LogP contribution is -2.31. The standard InChI is InChI=1S/C9H14N/c1-4-9-6-5-8(2)10(3)7-9/h5-7H,4H2,1-3H3/q+1. The molecule has 0 atom stereocenters. The van der Waals surface area contributed by atoms with Crippen molar-refractivity contribution in [3.63, 3.8) is 0 Å². The molecule has 0 saturated heterocycles. The summed E-state index contributed by atoms with van der Waals surface area (Å²) < 4.78 is 2.15. The van der Waals surface area contributed by atoms with E-state index < -0.39 is 0 Å². The van der Waals surface area contributed by atoms with Crippen molar-refractivity contribution >= 4 is 0 Å². The summed E-state index contributed by atoms with van der Waals surface area (Å²) in [6.45, 7) is 4.28. The minimum absolute atomic E-state index is 1.12. The Morgan fingerprint density at radius 1 is 1.40 bits per heavy atom. The lowest BCUT2D eigenvalue weighted by molar-refractivity contribution is -0.678. The number of rotatable bonds is 1.